The molecule has 1 heterocycles. The Hall–Kier alpha value is -0.620. The number of nitrogens with zero attached hydrogens (tertiary/aromatic N) is 1. The van der Waals surface area contributed by atoms with Crippen LogP contribution in [-0.2, 0) is 11.2 Å². The van der Waals surface area contributed by atoms with Gasteiger partial charge in [0.25, 0.3) is 0 Å². The van der Waals surface area contributed by atoms with Crippen molar-refractivity contribution in [3.63, 3.8) is 0 Å². The maximum Gasteiger partial charge on any atom is 0.227 e. The standard InChI is InChI=1S/C13H16INO2/c1-13(17)5-6-15(9-13)12(16)8-10-3-2-4-11(14)7-10/h2-4,7,17H,5-6,8-9H2,1H3. The predicted molar refractivity (Wildman–Crippen MR) is 74.7 cm³/mol. The van der Waals surface area contributed by atoms with E-state index in [1.807, 2.05) is 24.3 Å². The molecule has 0 spiro atoms. The fourth-order valence-corrected chi connectivity index (χ4v) is 2.70. The summed E-state index contributed by atoms with van der Waals surface area (Å²) in [4.78, 5) is 13.8. The summed E-state index contributed by atoms with van der Waals surface area (Å²) in [6.07, 6.45) is 1.10. The lowest BCUT2D eigenvalue weighted by Crippen LogP contribution is -2.34. The molecule has 0 saturated carbocycles. The van der Waals surface area contributed by atoms with Crippen LogP contribution in [0.5, 0.6) is 0 Å². The third-order valence-corrected chi connectivity index (χ3v) is 3.72. The predicted octanol–water partition coefficient (Wildman–Crippen LogP) is 1.82. The van der Waals surface area contributed by atoms with Crippen LogP contribution in [0.1, 0.15) is 18.9 Å². The molecule has 0 aliphatic carbocycles. The van der Waals surface area contributed by atoms with Crippen molar-refractivity contribution in [2.45, 2.75) is 25.4 Å². The van der Waals surface area contributed by atoms with E-state index in [0.29, 0.717) is 25.9 Å². The van der Waals surface area contributed by atoms with Gasteiger partial charge in [0.15, 0.2) is 0 Å². The molecule has 2 rings (SSSR count). The molecule has 0 bridgehead atoms. The number of aliphatic hydroxyl groups is 1. The second kappa shape index (κ2) is 4.94. The first-order chi connectivity index (χ1) is 7.96. The van der Waals surface area contributed by atoms with Crippen molar-refractivity contribution in [3.8, 4) is 0 Å². The molecule has 92 valence electrons. The summed E-state index contributed by atoms with van der Waals surface area (Å²) in [7, 11) is 0. The minimum Gasteiger partial charge on any atom is -0.388 e. The average Bonchev–Trinajstić information content (AvgIpc) is 2.59. The molecule has 1 N–H and O–H groups in total. The minimum absolute atomic E-state index is 0.102. The second-order valence-corrected chi connectivity index (χ2v) is 6.11. The number of amides is 1. The van der Waals surface area contributed by atoms with Gasteiger partial charge in [0.05, 0.1) is 12.0 Å². The van der Waals surface area contributed by atoms with Crippen molar-refractivity contribution in [2.75, 3.05) is 13.1 Å². The van der Waals surface area contributed by atoms with Gasteiger partial charge in [-0.05, 0) is 53.6 Å². The summed E-state index contributed by atoms with van der Waals surface area (Å²) in [5.41, 5.74) is 0.328. The van der Waals surface area contributed by atoms with Crippen LogP contribution in [0.15, 0.2) is 24.3 Å². The molecule has 1 aromatic carbocycles. The monoisotopic (exact) mass is 345 g/mol. The summed E-state index contributed by atoms with van der Waals surface area (Å²) in [5.74, 6) is 0.102. The van der Waals surface area contributed by atoms with Crippen molar-refractivity contribution < 1.29 is 9.90 Å². The zero-order valence-corrected chi connectivity index (χ0v) is 12.0. The zero-order valence-electron chi connectivity index (χ0n) is 9.82. The SMILES string of the molecule is CC1(O)CCN(C(=O)Cc2cccc(I)c2)C1. The Kier molecular flexibility index (Phi) is 3.73. The van der Waals surface area contributed by atoms with Gasteiger partial charge in [0, 0.05) is 16.7 Å². The second-order valence-electron chi connectivity index (χ2n) is 4.87. The molecule has 17 heavy (non-hydrogen) atoms. The molecule has 3 nitrogen and oxygen atoms in total. The first-order valence-corrected chi connectivity index (χ1v) is 6.79. The van der Waals surface area contributed by atoms with E-state index in [0.717, 1.165) is 9.13 Å². The van der Waals surface area contributed by atoms with Crippen LogP contribution in [-0.4, -0.2) is 34.6 Å². The van der Waals surface area contributed by atoms with Gasteiger partial charge >= 0.3 is 0 Å². The van der Waals surface area contributed by atoms with Gasteiger partial charge in [-0.1, -0.05) is 12.1 Å². The number of β-amino-alcohol motifs (C(OH)–C–C–N with tert-alkyl or cyclic N) is 1. The van der Waals surface area contributed by atoms with E-state index in [2.05, 4.69) is 22.6 Å². The number of hydrogen-bond donors (Lipinski definition) is 1. The quantitative estimate of drug-likeness (QED) is 0.831. The van der Waals surface area contributed by atoms with Crippen LogP contribution in [0.2, 0.25) is 0 Å². The highest BCUT2D eigenvalue weighted by molar-refractivity contribution is 14.1. The number of hydrogen-bond acceptors (Lipinski definition) is 2. The lowest BCUT2D eigenvalue weighted by atomic mass is 10.1. The first kappa shape index (κ1) is 12.8. The van der Waals surface area contributed by atoms with Crippen molar-refractivity contribution in [2.24, 2.45) is 0 Å². The third-order valence-electron chi connectivity index (χ3n) is 3.05. The molecule has 1 unspecified atom stereocenters. The van der Waals surface area contributed by atoms with E-state index >= 15 is 0 Å². The Morgan fingerprint density at radius 3 is 2.94 bits per heavy atom. The van der Waals surface area contributed by atoms with Crippen LogP contribution >= 0.6 is 22.6 Å². The number of carbonyl (C=O) groups excluding carboxylic acids is 1. The molecule has 1 atom stereocenters. The van der Waals surface area contributed by atoms with Gasteiger partial charge in [-0.15, -0.1) is 0 Å². The molecule has 1 saturated heterocycles. The molecule has 1 amide bonds. The molecule has 1 aromatic rings. The molecule has 1 aliphatic heterocycles. The Labute approximate surface area is 115 Å². The number of likely N-dealkylation sites (tertiary alicyclic amines) is 1. The summed E-state index contributed by atoms with van der Waals surface area (Å²) in [5, 5.41) is 9.83. The molecule has 0 aromatic heterocycles. The highest BCUT2D eigenvalue weighted by atomic mass is 127. The number of carbonyl (C=O) groups is 1. The Morgan fingerprint density at radius 1 is 1.59 bits per heavy atom. The van der Waals surface area contributed by atoms with E-state index in [1.165, 1.54) is 0 Å². The Bertz CT molecular complexity index is 431. The van der Waals surface area contributed by atoms with Crippen LogP contribution < -0.4 is 0 Å². The normalized spacial score (nSPS) is 24.1. The first-order valence-electron chi connectivity index (χ1n) is 5.71. The minimum atomic E-state index is -0.708. The highest BCUT2D eigenvalue weighted by Crippen LogP contribution is 2.21. The summed E-state index contributed by atoms with van der Waals surface area (Å²) in [6, 6.07) is 7.96. The maximum absolute atomic E-state index is 12.0. The number of rotatable bonds is 2. The number of halogens is 1. The van der Waals surface area contributed by atoms with E-state index in [9.17, 15) is 9.90 Å². The molecular formula is C13H16INO2. The van der Waals surface area contributed by atoms with Gasteiger partial charge in [0.2, 0.25) is 5.91 Å². The van der Waals surface area contributed by atoms with Gasteiger partial charge in [-0.2, -0.15) is 0 Å². The highest BCUT2D eigenvalue weighted by Gasteiger charge is 2.33. The van der Waals surface area contributed by atoms with Crippen molar-refractivity contribution in [1.29, 1.82) is 0 Å². The lowest BCUT2D eigenvalue weighted by Gasteiger charge is -2.19. The maximum atomic E-state index is 12.0. The fourth-order valence-electron chi connectivity index (χ4n) is 2.09. The Balaban J connectivity index is 1.98. The largest absolute Gasteiger partial charge is 0.388 e. The van der Waals surface area contributed by atoms with E-state index in [1.54, 1.807) is 11.8 Å². The Morgan fingerprint density at radius 2 is 2.35 bits per heavy atom. The van der Waals surface area contributed by atoms with Gasteiger partial charge in [-0.3, -0.25) is 4.79 Å². The average molecular weight is 345 g/mol. The molecular weight excluding hydrogens is 329 g/mol. The zero-order chi connectivity index (χ0) is 12.5. The molecule has 1 aliphatic rings. The van der Waals surface area contributed by atoms with Crippen molar-refractivity contribution in [3.05, 3.63) is 33.4 Å². The topological polar surface area (TPSA) is 40.5 Å². The molecule has 0 radical (unpaired) electrons. The van der Waals surface area contributed by atoms with Crippen molar-refractivity contribution >= 4 is 28.5 Å². The van der Waals surface area contributed by atoms with Crippen LogP contribution in [0, 0.1) is 3.57 Å². The smallest absolute Gasteiger partial charge is 0.227 e. The lowest BCUT2D eigenvalue weighted by molar-refractivity contribution is -0.130. The summed E-state index contributed by atoms with van der Waals surface area (Å²) >= 11 is 2.24. The fraction of sp³-hybridized carbons (Fsp3) is 0.462. The van der Waals surface area contributed by atoms with Crippen LogP contribution in [0.25, 0.3) is 0 Å². The number of benzene rings is 1. The molecule has 4 heteroatoms. The van der Waals surface area contributed by atoms with Gasteiger partial charge < -0.3 is 10.0 Å². The van der Waals surface area contributed by atoms with Crippen molar-refractivity contribution in [1.82, 2.24) is 4.90 Å². The summed E-state index contributed by atoms with van der Waals surface area (Å²) in [6.45, 7) is 2.90. The van der Waals surface area contributed by atoms with Gasteiger partial charge in [0.1, 0.15) is 0 Å². The van der Waals surface area contributed by atoms with E-state index in [-0.39, 0.29) is 5.91 Å². The molecule has 1 fully saturated rings. The van der Waals surface area contributed by atoms with E-state index < -0.39 is 5.60 Å². The van der Waals surface area contributed by atoms with E-state index in [4.69, 9.17) is 0 Å². The van der Waals surface area contributed by atoms with Crippen LogP contribution in [0.3, 0.4) is 0 Å². The van der Waals surface area contributed by atoms with Gasteiger partial charge in [-0.25, -0.2) is 0 Å². The van der Waals surface area contributed by atoms with Crippen LogP contribution in [0.4, 0.5) is 0 Å². The third kappa shape index (κ3) is 3.42. The summed E-state index contributed by atoms with van der Waals surface area (Å²) < 4.78 is 1.14.